The second-order valence-electron chi connectivity index (χ2n) is 3.97. The van der Waals surface area contributed by atoms with Gasteiger partial charge in [0.15, 0.2) is 0 Å². The lowest BCUT2D eigenvalue weighted by atomic mass is 10.1. The van der Waals surface area contributed by atoms with Gasteiger partial charge in [0.05, 0.1) is 0 Å². The number of amides is 1. The van der Waals surface area contributed by atoms with E-state index in [4.69, 9.17) is 5.73 Å². The highest BCUT2D eigenvalue weighted by Gasteiger charge is 2.25. The van der Waals surface area contributed by atoms with Crippen LogP contribution in [0.1, 0.15) is 30.9 Å². The molecule has 0 saturated carbocycles. The van der Waals surface area contributed by atoms with Crippen molar-refractivity contribution < 1.29 is 4.79 Å². The zero-order chi connectivity index (χ0) is 10.7. The number of nitrogens with two attached hydrogens (primary N) is 1. The minimum Gasteiger partial charge on any atom is -0.370 e. The van der Waals surface area contributed by atoms with Crippen LogP contribution in [0.15, 0.2) is 16.8 Å². The van der Waals surface area contributed by atoms with Gasteiger partial charge in [0.25, 0.3) is 0 Å². The molecular formula is C11H16N2OS. The average Bonchev–Trinajstić information content (AvgIpc) is 2.85. The summed E-state index contributed by atoms with van der Waals surface area (Å²) in [6.45, 7) is 1.89. The average molecular weight is 224 g/mol. The summed E-state index contributed by atoms with van der Waals surface area (Å²) in [5.41, 5.74) is 6.56. The predicted molar refractivity (Wildman–Crippen MR) is 61.7 cm³/mol. The summed E-state index contributed by atoms with van der Waals surface area (Å²) in [5, 5.41) is 4.31. The number of carbonyl (C=O) groups excluding carboxylic acids is 1. The molecule has 2 N–H and O–H groups in total. The fraction of sp³-hybridized carbons (Fsp3) is 0.545. The lowest BCUT2D eigenvalue weighted by molar-refractivity contribution is -0.118. The lowest BCUT2D eigenvalue weighted by Gasteiger charge is -2.23. The molecule has 2 rings (SSSR count). The van der Waals surface area contributed by atoms with E-state index in [9.17, 15) is 4.79 Å². The Balaban J connectivity index is 1.96. The minimum atomic E-state index is -0.203. The van der Waals surface area contributed by atoms with Crippen molar-refractivity contribution >= 4 is 17.2 Å². The molecule has 1 aliphatic rings. The van der Waals surface area contributed by atoms with E-state index in [-0.39, 0.29) is 5.91 Å². The van der Waals surface area contributed by atoms with Gasteiger partial charge in [0, 0.05) is 19.0 Å². The van der Waals surface area contributed by atoms with Crippen LogP contribution in [0.3, 0.4) is 0 Å². The van der Waals surface area contributed by atoms with Crippen LogP contribution in [-0.4, -0.2) is 23.9 Å². The Bertz CT molecular complexity index is 323. The number of carbonyl (C=O) groups is 1. The van der Waals surface area contributed by atoms with Crippen molar-refractivity contribution in [2.75, 3.05) is 13.1 Å². The van der Waals surface area contributed by atoms with Crippen LogP contribution in [0.4, 0.5) is 0 Å². The van der Waals surface area contributed by atoms with E-state index < -0.39 is 0 Å². The van der Waals surface area contributed by atoms with Gasteiger partial charge >= 0.3 is 0 Å². The maximum Gasteiger partial charge on any atom is 0.218 e. The van der Waals surface area contributed by atoms with E-state index in [2.05, 4.69) is 21.7 Å². The first-order valence-electron chi connectivity index (χ1n) is 5.32. The van der Waals surface area contributed by atoms with Crippen LogP contribution in [0, 0.1) is 0 Å². The van der Waals surface area contributed by atoms with E-state index in [0.29, 0.717) is 12.5 Å². The largest absolute Gasteiger partial charge is 0.370 e. The number of thiophene rings is 1. The maximum atomic E-state index is 10.7. The molecule has 1 aromatic heterocycles. The van der Waals surface area contributed by atoms with Crippen molar-refractivity contribution in [3.63, 3.8) is 0 Å². The van der Waals surface area contributed by atoms with Gasteiger partial charge in [-0.2, -0.15) is 11.3 Å². The van der Waals surface area contributed by atoms with E-state index in [1.807, 2.05) is 0 Å². The number of nitrogens with zero attached hydrogens (tertiary/aromatic N) is 1. The molecule has 0 unspecified atom stereocenters. The topological polar surface area (TPSA) is 46.3 Å². The van der Waals surface area contributed by atoms with E-state index in [1.165, 1.54) is 18.4 Å². The minimum absolute atomic E-state index is 0.203. The molecule has 0 bridgehead atoms. The highest BCUT2D eigenvalue weighted by molar-refractivity contribution is 7.07. The molecule has 82 valence electrons. The van der Waals surface area contributed by atoms with Crippen molar-refractivity contribution in [3.8, 4) is 0 Å². The third kappa shape index (κ3) is 2.58. The smallest absolute Gasteiger partial charge is 0.218 e. The van der Waals surface area contributed by atoms with Crippen LogP contribution >= 0.6 is 11.3 Å². The van der Waals surface area contributed by atoms with E-state index >= 15 is 0 Å². The summed E-state index contributed by atoms with van der Waals surface area (Å²) in [5.74, 6) is -0.203. The highest BCUT2D eigenvalue weighted by atomic mass is 32.1. The second-order valence-corrected chi connectivity index (χ2v) is 4.75. The van der Waals surface area contributed by atoms with Gasteiger partial charge in [0.1, 0.15) is 0 Å². The third-order valence-corrected chi connectivity index (χ3v) is 3.64. The van der Waals surface area contributed by atoms with Gasteiger partial charge in [-0.1, -0.05) is 0 Å². The van der Waals surface area contributed by atoms with Gasteiger partial charge in [0.2, 0.25) is 5.91 Å². The Kier molecular flexibility index (Phi) is 3.38. The van der Waals surface area contributed by atoms with Gasteiger partial charge in [-0.05, 0) is 41.8 Å². The molecule has 0 aliphatic carbocycles. The number of hydrogen-bond donors (Lipinski definition) is 1. The molecule has 1 fully saturated rings. The first-order chi connectivity index (χ1) is 7.27. The highest BCUT2D eigenvalue weighted by Crippen LogP contribution is 2.32. The first-order valence-corrected chi connectivity index (χ1v) is 6.26. The first kappa shape index (κ1) is 10.6. The Labute approximate surface area is 93.9 Å². The molecule has 1 aromatic rings. The van der Waals surface area contributed by atoms with E-state index in [1.54, 1.807) is 11.3 Å². The molecule has 0 aromatic carbocycles. The number of primary amides is 1. The molecule has 15 heavy (non-hydrogen) atoms. The van der Waals surface area contributed by atoms with Gasteiger partial charge in [-0.3, -0.25) is 9.69 Å². The summed E-state index contributed by atoms with van der Waals surface area (Å²) in [7, 11) is 0. The fourth-order valence-corrected chi connectivity index (χ4v) is 2.90. The molecule has 0 spiro atoms. The number of hydrogen-bond acceptors (Lipinski definition) is 3. The monoisotopic (exact) mass is 224 g/mol. The Morgan fingerprint density at radius 2 is 2.53 bits per heavy atom. The Morgan fingerprint density at radius 3 is 3.20 bits per heavy atom. The summed E-state index contributed by atoms with van der Waals surface area (Å²) in [6.07, 6.45) is 2.90. The maximum absolute atomic E-state index is 10.7. The van der Waals surface area contributed by atoms with Crippen molar-refractivity contribution in [2.24, 2.45) is 5.73 Å². The van der Waals surface area contributed by atoms with Crippen molar-refractivity contribution in [3.05, 3.63) is 22.4 Å². The van der Waals surface area contributed by atoms with Crippen LogP contribution in [0.5, 0.6) is 0 Å². The number of likely N-dealkylation sites (tertiary alicyclic amines) is 1. The molecule has 3 nitrogen and oxygen atoms in total. The molecule has 0 radical (unpaired) electrons. The fourth-order valence-electron chi connectivity index (χ4n) is 2.19. The molecule has 1 atom stereocenters. The lowest BCUT2D eigenvalue weighted by Crippen LogP contribution is -2.27. The quantitative estimate of drug-likeness (QED) is 0.847. The Morgan fingerprint density at radius 1 is 1.67 bits per heavy atom. The van der Waals surface area contributed by atoms with Gasteiger partial charge in [-0.25, -0.2) is 0 Å². The van der Waals surface area contributed by atoms with Crippen LogP contribution in [-0.2, 0) is 4.79 Å². The Hall–Kier alpha value is -0.870. The van der Waals surface area contributed by atoms with Gasteiger partial charge in [-0.15, -0.1) is 0 Å². The third-order valence-electron chi connectivity index (χ3n) is 2.94. The molecule has 1 amide bonds. The SMILES string of the molecule is NC(=O)CCN1CCC[C@H]1c1ccsc1. The van der Waals surface area contributed by atoms with E-state index in [0.717, 1.165) is 13.1 Å². The predicted octanol–water partition coefficient (Wildman–Crippen LogP) is 1.76. The molecule has 4 heteroatoms. The summed E-state index contributed by atoms with van der Waals surface area (Å²) in [6, 6.07) is 2.69. The van der Waals surface area contributed by atoms with Crippen LogP contribution in [0.2, 0.25) is 0 Å². The van der Waals surface area contributed by atoms with Gasteiger partial charge < -0.3 is 5.73 Å². The standard InChI is InChI=1S/C11H16N2OS/c12-11(14)3-6-13-5-1-2-10(13)9-4-7-15-8-9/h4,7-8,10H,1-3,5-6H2,(H2,12,14)/t10-/m0/s1. The molecule has 1 saturated heterocycles. The number of rotatable bonds is 4. The second kappa shape index (κ2) is 4.77. The summed E-state index contributed by atoms with van der Waals surface area (Å²) >= 11 is 1.73. The zero-order valence-corrected chi connectivity index (χ0v) is 9.50. The van der Waals surface area contributed by atoms with Crippen molar-refractivity contribution in [1.82, 2.24) is 4.90 Å². The van der Waals surface area contributed by atoms with Crippen LogP contribution < -0.4 is 5.73 Å². The van der Waals surface area contributed by atoms with Crippen molar-refractivity contribution in [2.45, 2.75) is 25.3 Å². The molecule has 2 heterocycles. The summed E-state index contributed by atoms with van der Waals surface area (Å²) in [4.78, 5) is 13.1. The van der Waals surface area contributed by atoms with Crippen LogP contribution in [0.25, 0.3) is 0 Å². The molecular weight excluding hydrogens is 208 g/mol. The summed E-state index contributed by atoms with van der Waals surface area (Å²) < 4.78 is 0. The normalized spacial score (nSPS) is 22.0. The van der Waals surface area contributed by atoms with Crippen molar-refractivity contribution in [1.29, 1.82) is 0 Å². The molecule has 1 aliphatic heterocycles. The zero-order valence-electron chi connectivity index (χ0n) is 8.69.